The number of halogens is 1. The van der Waals surface area contributed by atoms with E-state index in [2.05, 4.69) is 25.4 Å². The van der Waals surface area contributed by atoms with Crippen LogP contribution in [-0.2, 0) is 9.47 Å². The molecular formula is C29H34FN7O5. The van der Waals surface area contributed by atoms with E-state index in [1.807, 2.05) is 26.8 Å². The number of benzene rings is 1. The molecule has 12 nitrogen and oxygen atoms in total. The molecule has 0 spiro atoms. The van der Waals surface area contributed by atoms with E-state index >= 15 is 0 Å². The topological polar surface area (TPSA) is 123 Å². The number of nitrogens with one attached hydrogen (secondary N) is 1. The Hall–Kier alpha value is -4.52. The number of carbonyl (C=O) groups is 2. The van der Waals surface area contributed by atoms with E-state index in [-0.39, 0.29) is 35.5 Å². The smallest absolute Gasteiger partial charge is 0.410 e. The van der Waals surface area contributed by atoms with E-state index in [1.165, 1.54) is 10.5 Å². The molecule has 1 aliphatic heterocycles. The third kappa shape index (κ3) is 6.35. The molecule has 1 fully saturated rings. The number of rotatable bonds is 7. The van der Waals surface area contributed by atoms with Crippen LogP contribution in [0.2, 0.25) is 0 Å². The van der Waals surface area contributed by atoms with Crippen molar-refractivity contribution in [1.82, 2.24) is 24.5 Å². The molecule has 0 aliphatic carbocycles. The van der Waals surface area contributed by atoms with Crippen LogP contribution in [-0.4, -0.2) is 88.6 Å². The largest absolute Gasteiger partial charge is 0.474 e. The molecule has 0 radical (unpaired) electrons. The maximum atomic E-state index is 14.6. The molecule has 4 heterocycles. The van der Waals surface area contributed by atoms with Gasteiger partial charge in [0.1, 0.15) is 17.7 Å². The fraction of sp³-hybridized carbons (Fsp3) is 0.414. The molecule has 222 valence electrons. The zero-order chi connectivity index (χ0) is 30.0. The summed E-state index contributed by atoms with van der Waals surface area (Å²) in [6.45, 7) is 9.97. The summed E-state index contributed by atoms with van der Waals surface area (Å²) in [6, 6.07) is 6.48. The quantitative estimate of drug-likeness (QED) is 0.323. The van der Waals surface area contributed by atoms with E-state index in [0.29, 0.717) is 49.4 Å². The number of amides is 2. The lowest BCUT2D eigenvalue weighted by Gasteiger charge is -2.37. The molecule has 1 aromatic carbocycles. The zero-order valence-electron chi connectivity index (χ0n) is 24.3. The Morgan fingerprint density at radius 2 is 1.81 bits per heavy atom. The molecule has 42 heavy (non-hydrogen) atoms. The van der Waals surface area contributed by atoms with E-state index in [1.54, 1.807) is 43.5 Å². The van der Waals surface area contributed by atoms with Crippen molar-refractivity contribution in [3.63, 3.8) is 0 Å². The number of anilines is 2. The number of hydrogen-bond acceptors (Lipinski definition) is 9. The summed E-state index contributed by atoms with van der Waals surface area (Å²) < 4.78 is 32.5. The highest BCUT2D eigenvalue weighted by Gasteiger charge is 2.27. The van der Waals surface area contributed by atoms with Gasteiger partial charge in [0.15, 0.2) is 11.5 Å². The van der Waals surface area contributed by atoms with Crippen LogP contribution in [0.3, 0.4) is 0 Å². The van der Waals surface area contributed by atoms with E-state index < -0.39 is 17.3 Å². The third-order valence-electron chi connectivity index (χ3n) is 6.65. The summed E-state index contributed by atoms with van der Waals surface area (Å²) in [5.41, 5.74) is 1.97. The Kier molecular flexibility index (Phi) is 8.12. The highest BCUT2D eigenvalue weighted by Crippen LogP contribution is 2.32. The highest BCUT2D eigenvalue weighted by molar-refractivity contribution is 6.14. The minimum absolute atomic E-state index is 0.180. The number of aromatic nitrogens is 4. The molecule has 1 aliphatic rings. The lowest BCUT2D eigenvalue weighted by atomic mass is 10.1. The van der Waals surface area contributed by atoms with Gasteiger partial charge in [-0.25, -0.2) is 14.2 Å². The van der Waals surface area contributed by atoms with Gasteiger partial charge in [-0.15, -0.1) is 10.2 Å². The normalized spacial score (nSPS) is 14.0. The van der Waals surface area contributed by atoms with Crippen molar-refractivity contribution in [2.24, 2.45) is 0 Å². The Morgan fingerprint density at radius 1 is 1.05 bits per heavy atom. The van der Waals surface area contributed by atoms with Crippen molar-refractivity contribution >= 4 is 39.9 Å². The predicted molar refractivity (Wildman–Crippen MR) is 155 cm³/mol. The Morgan fingerprint density at radius 3 is 2.52 bits per heavy atom. The van der Waals surface area contributed by atoms with Crippen LogP contribution in [0, 0.1) is 12.7 Å². The first kappa shape index (κ1) is 29.0. The van der Waals surface area contributed by atoms with Gasteiger partial charge in [0.05, 0.1) is 23.6 Å². The maximum Gasteiger partial charge on any atom is 0.410 e. The van der Waals surface area contributed by atoms with E-state index in [9.17, 15) is 14.0 Å². The molecule has 1 N–H and O–H groups in total. The number of fused-ring (bicyclic) bond motifs is 2. The SMILES string of the molecule is COCCOc1cc2c(N3CCN(C(=O)OC(C)(C)C)CC3)ccc(C(=O)Nc3cc(F)c4nc(C)cn4c3)c2nn1. The number of piperazine rings is 1. The van der Waals surface area contributed by atoms with Gasteiger partial charge in [0.25, 0.3) is 5.91 Å². The molecule has 0 unspecified atom stereocenters. The van der Waals surface area contributed by atoms with Gasteiger partial charge in [-0.05, 0) is 39.8 Å². The molecular weight excluding hydrogens is 545 g/mol. The zero-order valence-corrected chi connectivity index (χ0v) is 24.3. The summed E-state index contributed by atoms with van der Waals surface area (Å²) in [6.07, 6.45) is 2.93. The molecule has 0 bridgehead atoms. The molecule has 13 heteroatoms. The standard InChI is InChI=1S/C29H34FN7O5/c1-18-16-37-17-19(14-22(30)26(37)31-18)32-27(38)20-6-7-23(21-15-24(33-34-25(20)21)41-13-12-40-5)35-8-10-36(11-9-35)28(39)42-29(2,3)4/h6-7,14-17H,8-13H2,1-5H3,(H,32,38). The van der Waals surface area contributed by atoms with Crippen LogP contribution in [0.4, 0.5) is 20.6 Å². The molecule has 2 amide bonds. The van der Waals surface area contributed by atoms with Gasteiger partial charge in [-0.2, -0.15) is 0 Å². The van der Waals surface area contributed by atoms with Gasteiger partial charge in [0.2, 0.25) is 5.88 Å². The van der Waals surface area contributed by atoms with Gasteiger partial charge in [-0.3, -0.25) is 4.79 Å². The maximum absolute atomic E-state index is 14.6. The number of methoxy groups -OCH3 is 1. The number of ether oxygens (including phenoxy) is 3. The van der Waals surface area contributed by atoms with Crippen LogP contribution < -0.4 is 15.0 Å². The minimum atomic E-state index is -0.575. The Labute approximate surface area is 242 Å². The fourth-order valence-electron chi connectivity index (χ4n) is 4.76. The molecule has 0 atom stereocenters. The third-order valence-corrected chi connectivity index (χ3v) is 6.65. The van der Waals surface area contributed by atoms with Crippen molar-refractivity contribution in [1.29, 1.82) is 0 Å². The van der Waals surface area contributed by atoms with Crippen LogP contribution >= 0.6 is 0 Å². The van der Waals surface area contributed by atoms with Crippen LogP contribution in [0.5, 0.6) is 5.88 Å². The molecule has 1 saturated heterocycles. The summed E-state index contributed by atoms with van der Waals surface area (Å²) in [7, 11) is 1.58. The van der Waals surface area contributed by atoms with Crippen LogP contribution in [0.1, 0.15) is 36.8 Å². The molecule has 0 saturated carbocycles. The first-order chi connectivity index (χ1) is 20.0. The van der Waals surface area contributed by atoms with E-state index in [4.69, 9.17) is 14.2 Å². The minimum Gasteiger partial charge on any atom is -0.474 e. The summed E-state index contributed by atoms with van der Waals surface area (Å²) >= 11 is 0. The first-order valence-electron chi connectivity index (χ1n) is 13.6. The predicted octanol–water partition coefficient (Wildman–Crippen LogP) is 4.06. The van der Waals surface area contributed by atoms with Crippen molar-refractivity contribution in [2.75, 3.05) is 56.7 Å². The number of pyridine rings is 1. The summed E-state index contributed by atoms with van der Waals surface area (Å²) in [4.78, 5) is 34.0. The van der Waals surface area contributed by atoms with Gasteiger partial charge in [-0.1, -0.05) is 0 Å². The number of nitrogens with zero attached hydrogens (tertiary/aromatic N) is 6. The lowest BCUT2D eigenvalue weighted by molar-refractivity contribution is 0.0240. The molecule has 3 aromatic heterocycles. The molecule has 4 aromatic rings. The summed E-state index contributed by atoms with van der Waals surface area (Å²) in [5.74, 6) is -0.739. The number of carbonyl (C=O) groups excluding carboxylic acids is 2. The average molecular weight is 580 g/mol. The Bertz CT molecular complexity index is 1630. The first-order valence-corrected chi connectivity index (χ1v) is 13.6. The van der Waals surface area contributed by atoms with Crippen molar-refractivity contribution in [3.8, 4) is 5.88 Å². The van der Waals surface area contributed by atoms with E-state index in [0.717, 1.165) is 5.69 Å². The van der Waals surface area contributed by atoms with Crippen LogP contribution in [0.25, 0.3) is 16.6 Å². The molecule has 5 rings (SSSR count). The lowest BCUT2D eigenvalue weighted by Crippen LogP contribution is -2.50. The summed E-state index contributed by atoms with van der Waals surface area (Å²) in [5, 5.41) is 12.0. The van der Waals surface area contributed by atoms with Gasteiger partial charge in [0, 0.05) is 68.9 Å². The van der Waals surface area contributed by atoms with Gasteiger partial charge >= 0.3 is 6.09 Å². The van der Waals surface area contributed by atoms with Crippen molar-refractivity contribution < 1.29 is 28.2 Å². The van der Waals surface area contributed by atoms with Gasteiger partial charge < -0.3 is 33.7 Å². The second kappa shape index (κ2) is 11.8. The number of imidazole rings is 1. The second-order valence-corrected chi connectivity index (χ2v) is 11.0. The monoisotopic (exact) mass is 579 g/mol. The fourth-order valence-corrected chi connectivity index (χ4v) is 4.76. The highest BCUT2D eigenvalue weighted by atomic mass is 19.1. The van der Waals surface area contributed by atoms with Crippen LogP contribution in [0.15, 0.2) is 36.7 Å². The van der Waals surface area contributed by atoms with Crippen molar-refractivity contribution in [2.45, 2.75) is 33.3 Å². The number of aryl methyl sites for hydroxylation is 1. The second-order valence-electron chi connectivity index (χ2n) is 11.0. The van der Waals surface area contributed by atoms with Crippen molar-refractivity contribution in [3.05, 3.63) is 53.7 Å². The number of hydrogen-bond donors (Lipinski definition) is 1. The Balaban J connectivity index is 1.43. The average Bonchev–Trinajstić information content (AvgIpc) is 3.32.